The molecule has 2 rings (SSSR count). The van der Waals surface area contributed by atoms with Gasteiger partial charge in [-0.05, 0) is 6.92 Å². The second-order valence-corrected chi connectivity index (χ2v) is 5.45. The van der Waals surface area contributed by atoms with E-state index >= 15 is 0 Å². The lowest BCUT2D eigenvalue weighted by molar-refractivity contribution is -0.230. The second-order valence-electron chi connectivity index (χ2n) is 5.45. The fourth-order valence-corrected chi connectivity index (χ4v) is 2.85. The number of hydrogen-bond acceptors (Lipinski definition) is 4. The Hall–Kier alpha value is -0.450. The molecule has 0 amide bonds. The molecule has 0 aromatic rings. The summed E-state index contributed by atoms with van der Waals surface area (Å²) in [6.07, 6.45) is 0.761. The van der Waals surface area contributed by atoms with Gasteiger partial charge in [0, 0.05) is 18.3 Å². The number of ether oxygens (including phenoxy) is 2. The van der Waals surface area contributed by atoms with Crippen molar-refractivity contribution in [1.82, 2.24) is 0 Å². The Morgan fingerprint density at radius 1 is 1.13 bits per heavy atom. The predicted octanol–water partition coefficient (Wildman–Crippen LogP) is 0.870. The summed E-state index contributed by atoms with van der Waals surface area (Å²) in [7, 11) is 0. The topological polar surface area (TPSA) is 55.8 Å². The van der Waals surface area contributed by atoms with Crippen LogP contribution in [-0.2, 0) is 14.3 Å². The van der Waals surface area contributed by atoms with Crippen molar-refractivity contribution in [3.63, 3.8) is 0 Å². The van der Waals surface area contributed by atoms with Crippen LogP contribution in [0.2, 0.25) is 0 Å². The third kappa shape index (κ3) is 1.71. The number of Topliss-reactive ketones (excluding diaryl/α,β-unsaturated/α-hetero) is 1. The molecular weight excluding hydrogens is 196 g/mol. The Balaban J connectivity index is 2.31. The molecule has 1 heterocycles. The van der Waals surface area contributed by atoms with Crippen molar-refractivity contribution in [1.29, 1.82) is 0 Å². The van der Waals surface area contributed by atoms with Crippen LogP contribution in [0.25, 0.3) is 0 Å². The molecule has 1 saturated carbocycles. The number of rotatable bonds is 0. The molecule has 1 aliphatic carbocycles. The van der Waals surface area contributed by atoms with Crippen molar-refractivity contribution in [3.05, 3.63) is 0 Å². The van der Waals surface area contributed by atoms with Crippen LogP contribution in [0.1, 0.15) is 33.6 Å². The minimum atomic E-state index is -1.34. The van der Waals surface area contributed by atoms with Crippen LogP contribution in [0.3, 0.4) is 0 Å². The van der Waals surface area contributed by atoms with E-state index in [-0.39, 0.29) is 12.2 Å². The van der Waals surface area contributed by atoms with Crippen molar-refractivity contribution in [2.75, 3.05) is 13.2 Å². The zero-order valence-corrected chi connectivity index (χ0v) is 9.50. The first-order chi connectivity index (χ1) is 6.78. The maximum atomic E-state index is 11.9. The van der Waals surface area contributed by atoms with Gasteiger partial charge in [0.25, 0.3) is 0 Å². The molecule has 1 atom stereocenters. The van der Waals surface area contributed by atoms with Crippen molar-refractivity contribution >= 4 is 5.78 Å². The first-order valence-electron chi connectivity index (χ1n) is 5.33. The Morgan fingerprint density at radius 2 is 1.67 bits per heavy atom. The first kappa shape index (κ1) is 11.0. The van der Waals surface area contributed by atoms with E-state index in [9.17, 15) is 9.90 Å². The Labute approximate surface area is 89.6 Å². The summed E-state index contributed by atoms with van der Waals surface area (Å²) in [6, 6.07) is 0. The monoisotopic (exact) mass is 214 g/mol. The summed E-state index contributed by atoms with van der Waals surface area (Å²) in [5.74, 6) is -0.874. The molecule has 4 heteroatoms. The third-order valence-electron chi connectivity index (χ3n) is 3.24. The van der Waals surface area contributed by atoms with E-state index in [0.717, 1.165) is 0 Å². The van der Waals surface area contributed by atoms with E-state index in [2.05, 4.69) is 0 Å². The molecule has 0 aromatic heterocycles. The summed E-state index contributed by atoms with van der Waals surface area (Å²) in [5, 5.41) is 10.1. The SMILES string of the molecule is CC1(C)CC2(CC(C)(O)C1=O)OCCO2. The van der Waals surface area contributed by atoms with E-state index in [0.29, 0.717) is 19.6 Å². The molecule has 1 saturated heterocycles. The highest BCUT2D eigenvalue weighted by Crippen LogP contribution is 2.47. The van der Waals surface area contributed by atoms with E-state index < -0.39 is 16.8 Å². The van der Waals surface area contributed by atoms with Crippen LogP contribution < -0.4 is 0 Å². The number of carbonyl (C=O) groups is 1. The van der Waals surface area contributed by atoms with Gasteiger partial charge in [0.1, 0.15) is 5.60 Å². The second kappa shape index (κ2) is 3.03. The molecule has 0 bridgehead atoms. The van der Waals surface area contributed by atoms with Gasteiger partial charge in [-0.15, -0.1) is 0 Å². The van der Waals surface area contributed by atoms with Gasteiger partial charge in [-0.2, -0.15) is 0 Å². The predicted molar refractivity (Wildman–Crippen MR) is 53.3 cm³/mol. The quantitative estimate of drug-likeness (QED) is 0.650. The van der Waals surface area contributed by atoms with E-state index in [4.69, 9.17) is 9.47 Å². The standard InChI is InChI=1S/C11H18O4/c1-9(2)6-11(14-4-5-15-11)7-10(3,13)8(9)12/h13H,4-7H2,1-3H3. The Kier molecular flexibility index (Phi) is 2.23. The minimum Gasteiger partial charge on any atom is -0.382 e. The number of aliphatic hydroxyl groups is 1. The van der Waals surface area contributed by atoms with Gasteiger partial charge in [-0.3, -0.25) is 4.79 Å². The van der Waals surface area contributed by atoms with Crippen LogP contribution in [0.5, 0.6) is 0 Å². The first-order valence-corrected chi connectivity index (χ1v) is 5.33. The van der Waals surface area contributed by atoms with Gasteiger partial charge >= 0.3 is 0 Å². The van der Waals surface area contributed by atoms with Crippen molar-refractivity contribution < 1.29 is 19.4 Å². The molecule has 4 nitrogen and oxygen atoms in total. The maximum Gasteiger partial charge on any atom is 0.172 e. The zero-order valence-electron chi connectivity index (χ0n) is 9.50. The minimum absolute atomic E-state index is 0.125. The smallest absolute Gasteiger partial charge is 0.172 e. The largest absolute Gasteiger partial charge is 0.382 e. The highest BCUT2D eigenvalue weighted by Gasteiger charge is 2.57. The fraction of sp³-hybridized carbons (Fsp3) is 0.909. The maximum absolute atomic E-state index is 11.9. The average Bonchev–Trinajstić information content (AvgIpc) is 2.47. The molecular formula is C11H18O4. The molecule has 0 radical (unpaired) electrons. The number of hydrogen-bond donors (Lipinski definition) is 1. The summed E-state index contributed by atoms with van der Waals surface area (Å²) >= 11 is 0. The van der Waals surface area contributed by atoms with Crippen LogP contribution in [0.15, 0.2) is 0 Å². The summed E-state index contributed by atoms with van der Waals surface area (Å²) in [6.45, 7) is 6.29. The zero-order chi connectivity index (χ0) is 11.3. The van der Waals surface area contributed by atoms with E-state index in [1.807, 2.05) is 13.8 Å². The molecule has 86 valence electrons. The van der Waals surface area contributed by atoms with E-state index in [1.54, 1.807) is 6.92 Å². The highest BCUT2D eigenvalue weighted by atomic mass is 16.7. The van der Waals surface area contributed by atoms with Gasteiger partial charge in [0.2, 0.25) is 0 Å². The number of carbonyl (C=O) groups excluding carboxylic acids is 1. The molecule has 2 fully saturated rings. The summed E-state index contributed by atoms with van der Waals surface area (Å²) in [4.78, 5) is 11.9. The summed E-state index contributed by atoms with van der Waals surface area (Å²) in [5.41, 5.74) is -1.93. The Morgan fingerprint density at radius 3 is 2.13 bits per heavy atom. The lowest BCUT2D eigenvalue weighted by atomic mass is 9.66. The Bertz CT molecular complexity index is 265. The van der Waals surface area contributed by atoms with Gasteiger partial charge in [0.15, 0.2) is 11.6 Å². The van der Waals surface area contributed by atoms with Gasteiger partial charge in [-0.1, -0.05) is 13.8 Å². The molecule has 1 N–H and O–H groups in total. The highest BCUT2D eigenvalue weighted by molar-refractivity contribution is 5.92. The molecule has 1 aliphatic heterocycles. The fourth-order valence-electron chi connectivity index (χ4n) is 2.85. The lowest BCUT2D eigenvalue weighted by Crippen LogP contribution is -2.58. The van der Waals surface area contributed by atoms with Crippen molar-refractivity contribution in [3.8, 4) is 0 Å². The molecule has 0 aromatic carbocycles. The van der Waals surface area contributed by atoms with Crippen LogP contribution in [0, 0.1) is 5.41 Å². The molecule has 1 spiro atoms. The summed E-state index contributed by atoms with van der Waals surface area (Å²) < 4.78 is 11.1. The van der Waals surface area contributed by atoms with E-state index in [1.165, 1.54) is 0 Å². The number of ketones is 1. The van der Waals surface area contributed by atoms with Gasteiger partial charge < -0.3 is 14.6 Å². The lowest BCUT2D eigenvalue weighted by Gasteiger charge is -2.46. The molecule has 2 aliphatic rings. The normalized spacial score (nSPS) is 38.5. The van der Waals surface area contributed by atoms with Crippen molar-refractivity contribution in [2.24, 2.45) is 5.41 Å². The van der Waals surface area contributed by atoms with Gasteiger partial charge in [-0.25, -0.2) is 0 Å². The molecule has 1 unspecified atom stereocenters. The van der Waals surface area contributed by atoms with Crippen LogP contribution in [0.4, 0.5) is 0 Å². The van der Waals surface area contributed by atoms with Crippen LogP contribution >= 0.6 is 0 Å². The molecule has 15 heavy (non-hydrogen) atoms. The third-order valence-corrected chi connectivity index (χ3v) is 3.24. The van der Waals surface area contributed by atoms with Gasteiger partial charge in [0.05, 0.1) is 13.2 Å². The van der Waals surface area contributed by atoms with Crippen molar-refractivity contribution in [2.45, 2.75) is 45.0 Å². The van der Waals surface area contributed by atoms with Crippen LogP contribution in [-0.4, -0.2) is 35.5 Å². The average molecular weight is 214 g/mol.